The Hall–Kier alpha value is -1.91. The number of amides is 2. The fourth-order valence-electron chi connectivity index (χ4n) is 2.44. The van der Waals surface area contributed by atoms with Crippen LogP contribution in [0.4, 0.5) is 0 Å². The lowest BCUT2D eigenvalue weighted by Gasteiger charge is -2.35. The van der Waals surface area contributed by atoms with Gasteiger partial charge in [-0.05, 0) is 24.5 Å². The van der Waals surface area contributed by atoms with Crippen molar-refractivity contribution in [3.63, 3.8) is 0 Å². The molecular weight excluding hydrogens is 266 g/mol. The second-order valence-corrected chi connectivity index (χ2v) is 6.03. The standard InChI is InChI=1S/C16H23N3O2/c1-12(2)10-18-6-7-19(11-16(18)21)15(20)8-14-5-4-13(3)17-9-14/h4-5,9,12H,6-8,10-11H2,1-3H3. The van der Waals surface area contributed by atoms with Crippen LogP contribution in [0.1, 0.15) is 25.1 Å². The maximum atomic E-state index is 12.3. The van der Waals surface area contributed by atoms with Gasteiger partial charge in [-0.25, -0.2) is 0 Å². The Morgan fingerprint density at radius 2 is 2.10 bits per heavy atom. The smallest absolute Gasteiger partial charge is 0.242 e. The molecule has 0 aliphatic carbocycles. The highest BCUT2D eigenvalue weighted by atomic mass is 16.2. The van der Waals surface area contributed by atoms with E-state index >= 15 is 0 Å². The lowest BCUT2D eigenvalue weighted by Crippen LogP contribution is -2.53. The molecule has 114 valence electrons. The molecule has 2 heterocycles. The molecule has 0 spiro atoms. The third-order valence-corrected chi connectivity index (χ3v) is 3.58. The van der Waals surface area contributed by atoms with Gasteiger partial charge < -0.3 is 9.80 Å². The average molecular weight is 289 g/mol. The van der Waals surface area contributed by atoms with E-state index in [0.29, 0.717) is 25.4 Å². The van der Waals surface area contributed by atoms with Gasteiger partial charge >= 0.3 is 0 Å². The molecule has 0 N–H and O–H groups in total. The zero-order valence-corrected chi connectivity index (χ0v) is 13.0. The number of hydrogen-bond acceptors (Lipinski definition) is 3. The molecule has 0 saturated carbocycles. The van der Waals surface area contributed by atoms with Gasteiger partial charge in [0.1, 0.15) is 0 Å². The predicted octanol–water partition coefficient (Wildman–Crippen LogP) is 1.26. The summed E-state index contributed by atoms with van der Waals surface area (Å²) in [6, 6.07) is 3.81. The maximum Gasteiger partial charge on any atom is 0.242 e. The first kappa shape index (κ1) is 15.5. The van der Waals surface area contributed by atoms with Crippen LogP contribution in [0, 0.1) is 12.8 Å². The molecule has 5 nitrogen and oxygen atoms in total. The van der Waals surface area contributed by atoms with Gasteiger partial charge in [0.05, 0.1) is 13.0 Å². The number of aryl methyl sites for hydroxylation is 1. The summed E-state index contributed by atoms with van der Waals surface area (Å²) in [6.07, 6.45) is 2.04. The van der Waals surface area contributed by atoms with Crippen LogP contribution in [0.5, 0.6) is 0 Å². The highest BCUT2D eigenvalue weighted by molar-refractivity contribution is 5.87. The van der Waals surface area contributed by atoms with Gasteiger partial charge in [0.15, 0.2) is 0 Å². The molecule has 0 atom stereocenters. The molecule has 1 aromatic heterocycles. The van der Waals surface area contributed by atoms with Gasteiger partial charge in [-0.3, -0.25) is 14.6 Å². The molecule has 1 saturated heterocycles. The molecular formula is C16H23N3O2. The van der Waals surface area contributed by atoms with E-state index in [0.717, 1.165) is 17.8 Å². The second kappa shape index (κ2) is 6.70. The van der Waals surface area contributed by atoms with Crippen LogP contribution >= 0.6 is 0 Å². The summed E-state index contributed by atoms with van der Waals surface area (Å²) in [5.74, 6) is 0.498. The largest absolute Gasteiger partial charge is 0.339 e. The molecule has 1 aromatic rings. The van der Waals surface area contributed by atoms with E-state index in [1.807, 2.05) is 24.0 Å². The highest BCUT2D eigenvalue weighted by Crippen LogP contribution is 2.09. The van der Waals surface area contributed by atoms with Gasteiger partial charge in [-0.2, -0.15) is 0 Å². The lowest BCUT2D eigenvalue weighted by molar-refractivity contribution is -0.145. The Morgan fingerprint density at radius 1 is 1.33 bits per heavy atom. The molecule has 0 bridgehead atoms. The van der Waals surface area contributed by atoms with Crippen molar-refractivity contribution in [2.24, 2.45) is 5.92 Å². The number of carbonyl (C=O) groups excluding carboxylic acids is 2. The summed E-state index contributed by atoms with van der Waals surface area (Å²) in [5, 5.41) is 0. The van der Waals surface area contributed by atoms with Crippen molar-refractivity contribution in [2.75, 3.05) is 26.2 Å². The van der Waals surface area contributed by atoms with Crippen molar-refractivity contribution in [3.8, 4) is 0 Å². The Labute approximate surface area is 126 Å². The van der Waals surface area contributed by atoms with Crippen LogP contribution in [0.2, 0.25) is 0 Å². The Morgan fingerprint density at radius 3 is 2.67 bits per heavy atom. The first-order valence-electron chi connectivity index (χ1n) is 7.43. The summed E-state index contributed by atoms with van der Waals surface area (Å²) in [5.41, 5.74) is 1.83. The summed E-state index contributed by atoms with van der Waals surface area (Å²) in [7, 11) is 0. The van der Waals surface area contributed by atoms with Crippen LogP contribution in [0.3, 0.4) is 0 Å². The van der Waals surface area contributed by atoms with Crippen LogP contribution in [0.15, 0.2) is 18.3 Å². The first-order chi connectivity index (χ1) is 9.95. The van der Waals surface area contributed by atoms with Gasteiger partial charge in [0.2, 0.25) is 11.8 Å². The van der Waals surface area contributed by atoms with Gasteiger partial charge in [-0.1, -0.05) is 19.9 Å². The fraction of sp³-hybridized carbons (Fsp3) is 0.562. The molecule has 2 amide bonds. The Balaban J connectivity index is 1.90. The van der Waals surface area contributed by atoms with E-state index in [1.165, 1.54) is 0 Å². The van der Waals surface area contributed by atoms with Crippen LogP contribution < -0.4 is 0 Å². The number of hydrogen-bond donors (Lipinski definition) is 0. The molecule has 1 aliphatic heterocycles. The van der Waals surface area contributed by atoms with Crippen molar-refractivity contribution in [1.29, 1.82) is 0 Å². The van der Waals surface area contributed by atoms with E-state index in [-0.39, 0.29) is 18.4 Å². The molecule has 5 heteroatoms. The highest BCUT2D eigenvalue weighted by Gasteiger charge is 2.27. The summed E-state index contributed by atoms with van der Waals surface area (Å²) >= 11 is 0. The topological polar surface area (TPSA) is 53.5 Å². The SMILES string of the molecule is Cc1ccc(CC(=O)N2CCN(CC(C)C)C(=O)C2)cn1. The summed E-state index contributed by atoms with van der Waals surface area (Å²) in [4.78, 5) is 32.0. The summed E-state index contributed by atoms with van der Waals surface area (Å²) in [6.45, 7) is 8.32. The van der Waals surface area contributed by atoms with E-state index in [4.69, 9.17) is 0 Å². The predicted molar refractivity (Wildman–Crippen MR) is 80.7 cm³/mol. The molecule has 2 rings (SSSR count). The third kappa shape index (κ3) is 4.28. The number of piperazine rings is 1. The number of nitrogens with zero attached hydrogens (tertiary/aromatic N) is 3. The molecule has 0 aromatic carbocycles. The molecule has 0 radical (unpaired) electrons. The van der Waals surface area contributed by atoms with Gasteiger partial charge in [-0.15, -0.1) is 0 Å². The van der Waals surface area contributed by atoms with Crippen molar-refractivity contribution >= 4 is 11.8 Å². The van der Waals surface area contributed by atoms with Crippen molar-refractivity contribution in [3.05, 3.63) is 29.6 Å². The van der Waals surface area contributed by atoms with E-state index in [1.54, 1.807) is 11.1 Å². The van der Waals surface area contributed by atoms with E-state index in [9.17, 15) is 9.59 Å². The Bertz CT molecular complexity index is 511. The number of rotatable bonds is 4. The zero-order chi connectivity index (χ0) is 15.4. The van der Waals surface area contributed by atoms with Gasteiger partial charge in [0, 0.05) is 31.5 Å². The minimum Gasteiger partial charge on any atom is -0.339 e. The van der Waals surface area contributed by atoms with Gasteiger partial charge in [0.25, 0.3) is 0 Å². The number of pyridine rings is 1. The number of carbonyl (C=O) groups is 2. The molecule has 21 heavy (non-hydrogen) atoms. The quantitative estimate of drug-likeness (QED) is 0.838. The second-order valence-electron chi connectivity index (χ2n) is 6.03. The zero-order valence-electron chi connectivity index (χ0n) is 13.0. The average Bonchev–Trinajstić information content (AvgIpc) is 2.43. The Kier molecular flexibility index (Phi) is 4.94. The van der Waals surface area contributed by atoms with Crippen molar-refractivity contribution in [2.45, 2.75) is 27.2 Å². The number of aromatic nitrogens is 1. The normalized spacial score (nSPS) is 15.7. The van der Waals surface area contributed by atoms with E-state index < -0.39 is 0 Å². The molecule has 1 fully saturated rings. The third-order valence-electron chi connectivity index (χ3n) is 3.58. The maximum absolute atomic E-state index is 12.3. The molecule has 1 aliphatic rings. The van der Waals surface area contributed by atoms with Crippen LogP contribution in [-0.4, -0.2) is 52.8 Å². The monoisotopic (exact) mass is 289 g/mol. The molecule has 0 unspecified atom stereocenters. The minimum absolute atomic E-state index is 0.00167. The fourth-order valence-corrected chi connectivity index (χ4v) is 2.44. The van der Waals surface area contributed by atoms with Crippen molar-refractivity contribution in [1.82, 2.24) is 14.8 Å². The van der Waals surface area contributed by atoms with Crippen LogP contribution in [-0.2, 0) is 16.0 Å². The first-order valence-corrected chi connectivity index (χ1v) is 7.43. The van der Waals surface area contributed by atoms with Crippen molar-refractivity contribution < 1.29 is 9.59 Å². The lowest BCUT2D eigenvalue weighted by atomic mass is 10.1. The van der Waals surface area contributed by atoms with E-state index in [2.05, 4.69) is 18.8 Å². The minimum atomic E-state index is -0.00167. The summed E-state index contributed by atoms with van der Waals surface area (Å²) < 4.78 is 0. The van der Waals surface area contributed by atoms with Crippen LogP contribution in [0.25, 0.3) is 0 Å².